The molecule has 1 aromatic heterocycles. The number of methoxy groups -OCH3 is 1. The van der Waals surface area contributed by atoms with Crippen molar-refractivity contribution in [3.05, 3.63) is 48.4 Å². The van der Waals surface area contributed by atoms with Crippen LogP contribution in [0.4, 0.5) is 10.1 Å². The number of ether oxygens (including phenoxy) is 2. The summed E-state index contributed by atoms with van der Waals surface area (Å²) in [7, 11) is 1.43. The van der Waals surface area contributed by atoms with Gasteiger partial charge in [0.2, 0.25) is 0 Å². The molecule has 0 saturated carbocycles. The first-order valence-corrected chi connectivity index (χ1v) is 7.10. The number of phenols is 1. The van der Waals surface area contributed by atoms with Crippen molar-refractivity contribution < 1.29 is 24.1 Å². The first-order chi connectivity index (χ1) is 11.6. The van der Waals surface area contributed by atoms with Crippen molar-refractivity contribution in [3.63, 3.8) is 0 Å². The minimum absolute atomic E-state index is 0.0260. The van der Waals surface area contributed by atoms with Gasteiger partial charge in [-0.15, -0.1) is 0 Å². The molecule has 0 atom stereocenters. The second-order valence-electron chi connectivity index (χ2n) is 4.93. The van der Waals surface area contributed by atoms with Crippen molar-refractivity contribution in [2.24, 2.45) is 0 Å². The van der Waals surface area contributed by atoms with Gasteiger partial charge in [0, 0.05) is 29.4 Å². The van der Waals surface area contributed by atoms with Crippen LogP contribution >= 0.6 is 0 Å². The highest BCUT2D eigenvalue weighted by molar-refractivity contribution is 5.88. The first kappa shape index (κ1) is 15.8. The summed E-state index contributed by atoms with van der Waals surface area (Å²) < 4.78 is 24.9. The number of aliphatic hydroxyl groups is 1. The molecule has 7 heteroatoms. The lowest BCUT2D eigenvalue weighted by atomic mass is 10.2. The van der Waals surface area contributed by atoms with E-state index in [4.69, 9.17) is 14.6 Å². The normalized spacial score (nSPS) is 10.6. The van der Waals surface area contributed by atoms with Gasteiger partial charge in [0.15, 0.2) is 23.1 Å². The number of aromatic hydroxyl groups is 1. The van der Waals surface area contributed by atoms with E-state index in [0.717, 1.165) is 0 Å². The summed E-state index contributed by atoms with van der Waals surface area (Å²) in [6.07, 6.45) is 1.50. The van der Waals surface area contributed by atoms with Crippen LogP contribution in [0, 0.1) is 5.82 Å². The van der Waals surface area contributed by atoms with E-state index in [9.17, 15) is 9.50 Å². The Labute approximate surface area is 137 Å². The van der Waals surface area contributed by atoms with Crippen LogP contribution in [-0.2, 0) is 0 Å². The van der Waals surface area contributed by atoms with E-state index in [0.29, 0.717) is 22.3 Å². The Hall–Kier alpha value is -3.06. The lowest BCUT2D eigenvalue weighted by Crippen LogP contribution is -2.00. The van der Waals surface area contributed by atoms with E-state index in [2.05, 4.69) is 10.3 Å². The number of nitrogens with zero attached hydrogens (tertiary/aromatic N) is 1. The quantitative estimate of drug-likeness (QED) is 0.623. The highest BCUT2D eigenvalue weighted by Crippen LogP contribution is 2.37. The zero-order valence-corrected chi connectivity index (χ0v) is 12.8. The van der Waals surface area contributed by atoms with E-state index < -0.39 is 5.82 Å². The number of benzene rings is 2. The molecule has 3 N–H and O–H groups in total. The average molecular weight is 330 g/mol. The Kier molecular flexibility index (Phi) is 4.35. The molecule has 0 unspecified atom stereocenters. The molecular formula is C17H15FN2O4. The van der Waals surface area contributed by atoms with Gasteiger partial charge in [-0.1, -0.05) is 0 Å². The number of hydrogen-bond acceptors (Lipinski definition) is 6. The molecular weight excluding hydrogens is 315 g/mol. The summed E-state index contributed by atoms with van der Waals surface area (Å²) in [5, 5.41) is 21.8. The van der Waals surface area contributed by atoms with E-state index in [1.807, 2.05) is 0 Å². The highest BCUT2D eigenvalue weighted by atomic mass is 19.1. The topological polar surface area (TPSA) is 83.8 Å². The number of fused-ring (bicyclic) bond motifs is 1. The third-order valence-electron chi connectivity index (χ3n) is 3.44. The second-order valence-corrected chi connectivity index (χ2v) is 4.93. The number of phenolic OH excluding ortho intramolecular Hbond substituents is 1. The fraction of sp³-hybridized carbons (Fsp3) is 0.118. The molecule has 1 heterocycles. The number of aliphatic hydroxyl groups excluding tert-OH is 1. The summed E-state index contributed by atoms with van der Waals surface area (Å²) in [5.74, 6) is 0.0471. The van der Waals surface area contributed by atoms with E-state index in [1.165, 1.54) is 31.5 Å². The Morgan fingerprint density at radius 2 is 1.96 bits per heavy atom. The van der Waals surface area contributed by atoms with Gasteiger partial charge in [-0.3, -0.25) is 4.98 Å². The Morgan fingerprint density at radius 1 is 1.12 bits per heavy atom. The molecule has 6 nitrogen and oxygen atoms in total. The van der Waals surface area contributed by atoms with Gasteiger partial charge in [-0.25, -0.2) is 4.39 Å². The van der Waals surface area contributed by atoms with Crippen molar-refractivity contribution in [2.75, 3.05) is 19.2 Å². The predicted molar refractivity (Wildman–Crippen MR) is 87.1 cm³/mol. The van der Waals surface area contributed by atoms with Crippen molar-refractivity contribution in [3.8, 4) is 23.0 Å². The minimum atomic E-state index is -0.579. The summed E-state index contributed by atoms with van der Waals surface area (Å²) in [5.41, 5.74) is 0.929. The van der Waals surface area contributed by atoms with E-state index in [-0.39, 0.29) is 24.0 Å². The largest absolute Gasteiger partial charge is 0.504 e. The number of halogens is 1. The van der Waals surface area contributed by atoms with Crippen molar-refractivity contribution in [1.82, 2.24) is 4.98 Å². The summed E-state index contributed by atoms with van der Waals surface area (Å²) >= 11 is 0. The molecule has 0 amide bonds. The molecule has 0 aliphatic carbocycles. The number of hydrogen-bond donors (Lipinski definition) is 3. The Balaban J connectivity index is 2.01. The molecule has 0 fully saturated rings. The number of anilines is 1. The summed E-state index contributed by atoms with van der Waals surface area (Å²) in [4.78, 5) is 4.15. The number of nitrogens with one attached hydrogen (secondary N) is 1. The molecule has 0 bridgehead atoms. The van der Waals surface area contributed by atoms with Gasteiger partial charge in [-0.2, -0.15) is 0 Å². The van der Waals surface area contributed by atoms with Crippen LogP contribution in [0.5, 0.6) is 23.0 Å². The minimum Gasteiger partial charge on any atom is -0.504 e. The van der Waals surface area contributed by atoms with Crippen LogP contribution < -0.4 is 14.8 Å². The van der Waals surface area contributed by atoms with Crippen LogP contribution in [-0.4, -0.2) is 29.0 Å². The lowest BCUT2D eigenvalue weighted by Gasteiger charge is -2.12. The highest BCUT2D eigenvalue weighted by Gasteiger charge is 2.12. The molecule has 3 rings (SSSR count). The first-order valence-electron chi connectivity index (χ1n) is 7.10. The zero-order chi connectivity index (χ0) is 17.1. The molecule has 0 saturated heterocycles. The smallest absolute Gasteiger partial charge is 0.167 e. The SMILES string of the molecule is COc1cc2c(Oc3ccc(NCO)cc3F)ccnc2cc1O. The maximum Gasteiger partial charge on any atom is 0.167 e. The van der Waals surface area contributed by atoms with Crippen molar-refractivity contribution >= 4 is 16.6 Å². The standard InChI is InChI=1S/C17H15FN2O4/c1-23-17-7-11-13(8-14(17)22)19-5-4-15(11)24-16-3-2-10(20-9-21)6-12(16)18/h2-8,20-22H,9H2,1H3. The Bertz CT molecular complexity index is 886. The van der Waals surface area contributed by atoms with Gasteiger partial charge in [0.05, 0.1) is 12.6 Å². The van der Waals surface area contributed by atoms with Crippen molar-refractivity contribution in [1.29, 1.82) is 0 Å². The second kappa shape index (κ2) is 6.59. The van der Waals surface area contributed by atoms with Gasteiger partial charge in [0.25, 0.3) is 0 Å². The molecule has 3 aromatic rings. The van der Waals surface area contributed by atoms with Crippen LogP contribution in [0.25, 0.3) is 10.9 Å². The van der Waals surface area contributed by atoms with Crippen LogP contribution in [0.2, 0.25) is 0 Å². The third-order valence-corrected chi connectivity index (χ3v) is 3.44. The predicted octanol–water partition coefficient (Wildman–Crippen LogP) is 3.24. The maximum atomic E-state index is 14.1. The number of pyridine rings is 1. The van der Waals surface area contributed by atoms with Gasteiger partial charge >= 0.3 is 0 Å². The summed E-state index contributed by atoms with van der Waals surface area (Å²) in [6.45, 7) is -0.294. The molecule has 124 valence electrons. The van der Waals surface area contributed by atoms with Crippen LogP contribution in [0.3, 0.4) is 0 Å². The van der Waals surface area contributed by atoms with Gasteiger partial charge in [0.1, 0.15) is 12.5 Å². The molecule has 0 radical (unpaired) electrons. The van der Waals surface area contributed by atoms with Crippen LogP contribution in [0.1, 0.15) is 0 Å². The monoisotopic (exact) mass is 330 g/mol. The molecule has 24 heavy (non-hydrogen) atoms. The molecule has 0 spiro atoms. The van der Waals surface area contributed by atoms with Crippen molar-refractivity contribution in [2.45, 2.75) is 0 Å². The van der Waals surface area contributed by atoms with Crippen LogP contribution in [0.15, 0.2) is 42.6 Å². The Morgan fingerprint density at radius 3 is 2.67 bits per heavy atom. The molecule has 0 aliphatic heterocycles. The van der Waals surface area contributed by atoms with Gasteiger partial charge < -0.3 is 25.0 Å². The number of aromatic nitrogens is 1. The number of rotatable bonds is 5. The average Bonchev–Trinajstić information content (AvgIpc) is 2.57. The van der Waals surface area contributed by atoms with E-state index in [1.54, 1.807) is 18.2 Å². The molecule has 2 aromatic carbocycles. The van der Waals surface area contributed by atoms with E-state index >= 15 is 0 Å². The fourth-order valence-electron chi connectivity index (χ4n) is 2.29. The lowest BCUT2D eigenvalue weighted by molar-refractivity contribution is 0.325. The summed E-state index contributed by atoms with van der Waals surface area (Å²) in [6, 6.07) is 8.89. The zero-order valence-electron chi connectivity index (χ0n) is 12.8. The third kappa shape index (κ3) is 3.02. The fourth-order valence-corrected chi connectivity index (χ4v) is 2.29. The van der Waals surface area contributed by atoms with Gasteiger partial charge in [-0.05, 0) is 24.3 Å². The molecule has 0 aliphatic rings. The maximum absolute atomic E-state index is 14.1.